The number of benzene rings is 2. The number of nitrogens with one attached hydrogen (secondary N) is 1. The second kappa shape index (κ2) is 5.53. The summed E-state index contributed by atoms with van der Waals surface area (Å²) in [6.45, 7) is 4.07. The molecule has 0 amide bonds. The van der Waals surface area contributed by atoms with Crippen molar-refractivity contribution >= 4 is 11.6 Å². The van der Waals surface area contributed by atoms with Crippen LogP contribution in [0, 0.1) is 13.8 Å². The number of hydrogen-bond acceptors (Lipinski definition) is 2. The van der Waals surface area contributed by atoms with Crippen LogP contribution >= 0.6 is 11.6 Å². The van der Waals surface area contributed by atoms with Gasteiger partial charge >= 0.3 is 0 Å². The number of halogens is 1. The maximum Gasteiger partial charge on any atom is 0.0713 e. The molecule has 2 rings (SSSR count). The summed E-state index contributed by atoms with van der Waals surface area (Å²) in [5, 5.41) is 0.765. The first-order chi connectivity index (χ1) is 8.63. The number of nitrogens with two attached hydrogens (primary N) is 1. The van der Waals surface area contributed by atoms with Crippen LogP contribution in [0.4, 0.5) is 0 Å². The van der Waals surface area contributed by atoms with Crippen molar-refractivity contribution in [3.63, 3.8) is 0 Å². The zero-order chi connectivity index (χ0) is 13.1. The molecule has 0 fully saturated rings. The van der Waals surface area contributed by atoms with Crippen molar-refractivity contribution in [2.75, 3.05) is 0 Å². The molecule has 2 aromatic rings. The largest absolute Gasteiger partial charge is 0.271 e. The predicted octanol–water partition coefficient (Wildman–Crippen LogP) is 3.51. The van der Waals surface area contributed by atoms with E-state index in [9.17, 15) is 0 Å². The Bertz CT molecular complexity index is 552. The lowest BCUT2D eigenvalue weighted by Crippen LogP contribution is -2.29. The smallest absolute Gasteiger partial charge is 0.0713 e. The Labute approximate surface area is 113 Å². The molecule has 2 aromatic carbocycles. The third-order valence-corrected chi connectivity index (χ3v) is 3.60. The molecule has 94 valence electrons. The van der Waals surface area contributed by atoms with E-state index in [1.54, 1.807) is 0 Å². The summed E-state index contributed by atoms with van der Waals surface area (Å²) in [5.41, 5.74) is 7.38. The first-order valence-corrected chi connectivity index (χ1v) is 6.29. The Hall–Kier alpha value is -1.35. The highest BCUT2D eigenvalue weighted by Gasteiger charge is 2.14. The standard InChI is InChI=1S/C15H17ClN2/c1-10-5-3-4-6-13(10)15(18-17)12-8-7-11(2)14(16)9-12/h3-9,15,18H,17H2,1-2H3. The van der Waals surface area contributed by atoms with Gasteiger partial charge in [0, 0.05) is 5.02 Å². The predicted molar refractivity (Wildman–Crippen MR) is 76.5 cm³/mol. The van der Waals surface area contributed by atoms with Gasteiger partial charge in [-0.15, -0.1) is 0 Å². The van der Waals surface area contributed by atoms with E-state index in [0.717, 1.165) is 16.1 Å². The van der Waals surface area contributed by atoms with Crippen LogP contribution in [-0.2, 0) is 0 Å². The minimum Gasteiger partial charge on any atom is -0.271 e. The van der Waals surface area contributed by atoms with Crippen LogP contribution in [0.25, 0.3) is 0 Å². The number of aryl methyl sites for hydroxylation is 2. The molecule has 0 aliphatic rings. The molecular formula is C15H17ClN2. The lowest BCUT2D eigenvalue weighted by molar-refractivity contribution is 0.633. The van der Waals surface area contributed by atoms with Crippen LogP contribution in [0.5, 0.6) is 0 Å². The summed E-state index contributed by atoms with van der Waals surface area (Å²) in [6.07, 6.45) is 0. The average Bonchev–Trinajstić information content (AvgIpc) is 2.37. The van der Waals surface area contributed by atoms with E-state index in [1.165, 1.54) is 11.1 Å². The van der Waals surface area contributed by atoms with E-state index in [2.05, 4.69) is 30.5 Å². The Balaban J connectivity index is 2.45. The normalized spacial score (nSPS) is 12.4. The molecular weight excluding hydrogens is 244 g/mol. The summed E-state index contributed by atoms with van der Waals surface area (Å²) in [5.74, 6) is 5.70. The van der Waals surface area contributed by atoms with Gasteiger partial charge in [0.25, 0.3) is 0 Å². The maximum absolute atomic E-state index is 6.17. The Morgan fingerprint density at radius 2 is 1.78 bits per heavy atom. The van der Waals surface area contributed by atoms with Crippen molar-refractivity contribution in [1.29, 1.82) is 0 Å². The zero-order valence-electron chi connectivity index (χ0n) is 10.6. The van der Waals surface area contributed by atoms with Gasteiger partial charge in [-0.25, -0.2) is 5.43 Å². The van der Waals surface area contributed by atoms with Crippen molar-refractivity contribution in [2.45, 2.75) is 19.9 Å². The first-order valence-electron chi connectivity index (χ1n) is 5.91. The fraction of sp³-hybridized carbons (Fsp3) is 0.200. The van der Waals surface area contributed by atoms with E-state index in [0.29, 0.717) is 0 Å². The molecule has 0 aliphatic carbocycles. The van der Waals surface area contributed by atoms with Gasteiger partial charge in [-0.1, -0.05) is 48.0 Å². The highest BCUT2D eigenvalue weighted by atomic mass is 35.5. The van der Waals surface area contributed by atoms with E-state index in [-0.39, 0.29) is 6.04 Å². The second-order valence-electron chi connectivity index (χ2n) is 4.46. The number of hydrazine groups is 1. The fourth-order valence-corrected chi connectivity index (χ4v) is 2.25. The van der Waals surface area contributed by atoms with Gasteiger partial charge in [-0.2, -0.15) is 0 Å². The third-order valence-electron chi connectivity index (χ3n) is 3.20. The minimum absolute atomic E-state index is 0.0377. The van der Waals surface area contributed by atoms with Gasteiger partial charge in [0.2, 0.25) is 0 Å². The second-order valence-corrected chi connectivity index (χ2v) is 4.87. The van der Waals surface area contributed by atoms with Crippen molar-refractivity contribution in [1.82, 2.24) is 5.43 Å². The van der Waals surface area contributed by atoms with Gasteiger partial charge in [0.15, 0.2) is 0 Å². The summed E-state index contributed by atoms with van der Waals surface area (Å²) >= 11 is 6.17. The molecule has 3 N–H and O–H groups in total. The summed E-state index contributed by atoms with van der Waals surface area (Å²) in [6, 6.07) is 14.2. The third kappa shape index (κ3) is 2.56. The van der Waals surface area contributed by atoms with E-state index in [1.807, 2.05) is 31.2 Å². The first kappa shape index (κ1) is 13.1. The topological polar surface area (TPSA) is 38.0 Å². The van der Waals surface area contributed by atoms with Gasteiger partial charge < -0.3 is 0 Å². The van der Waals surface area contributed by atoms with Crippen molar-refractivity contribution in [3.8, 4) is 0 Å². The van der Waals surface area contributed by atoms with E-state index in [4.69, 9.17) is 17.4 Å². The maximum atomic E-state index is 6.17. The summed E-state index contributed by atoms with van der Waals surface area (Å²) < 4.78 is 0. The summed E-state index contributed by atoms with van der Waals surface area (Å²) in [7, 11) is 0. The molecule has 0 bridgehead atoms. The Morgan fingerprint density at radius 3 is 2.39 bits per heavy atom. The quantitative estimate of drug-likeness (QED) is 0.655. The van der Waals surface area contributed by atoms with E-state index < -0.39 is 0 Å². The molecule has 1 unspecified atom stereocenters. The van der Waals surface area contributed by atoms with Crippen molar-refractivity contribution < 1.29 is 0 Å². The molecule has 3 heteroatoms. The van der Waals surface area contributed by atoms with Gasteiger partial charge in [-0.05, 0) is 42.2 Å². The van der Waals surface area contributed by atoms with Gasteiger partial charge in [-0.3, -0.25) is 5.84 Å². The SMILES string of the molecule is Cc1ccc(C(NN)c2ccccc2C)cc1Cl. The minimum atomic E-state index is -0.0377. The Morgan fingerprint density at radius 1 is 1.06 bits per heavy atom. The van der Waals surface area contributed by atoms with Gasteiger partial charge in [0.1, 0.15) is 0 Å². The van der Waals surface area contributed by atoms with E-state index >= 15 is 0 Å². The van der Waals surface area contributed by atoms with Crippen LogP contribution in [0.3, 0.4) is 0 Å². The van der Waals surface area contributed by atoms with Crippen LogP contribution in [0.1, 0.15) is 28.3 Å². The lowest BCUT2D eigenvalue weighted by atomic mass is 9.95. The number of rotatable bonds is 3. The summed E-state index contributed by atoms with van der Waals surface area (Å²) in [4.78, 5) is 0. The molecule has 0 aromatic heterocycles. The monoisotopic (exact) mass is 260 g/mol. The van der Waals surface area contributed by atoms with Crippen molar-refractivity contribution in [3.05, 3.63) is 69.7 Å². The van der Waals surface area contributed by atoms with Crippen molar-refractivity contribution in [2.24, 2.45) is 5.84 Å². The van der Waals surface area contributed by atoms with Gasteiger partial charge in [0.05, 0.1) is 6.04 Å². The van der Waals surface area contributed by atoms with Crippen LogP contribution in [0.2, 0.25) is 5.02 Å². The van der Waals surface area contributed by atoms with Crippen LogP contribution in [-0.4, -0.2) is 0 Å². The molecule has 1 atom stereocenters. The fourth-order valence-electron chi connectivity index (χ4n) is 2.06. The molecule has 2 nitrogen and oxygen atoms in total. The molecule has 0 saturated carbocycles. The molecule has 0 saturated heterocycles. The molecule has 0 radical (unpaired) electrons. The highest BCUT2D eigenvalue weighted by molar-refractivity contribution is 6.31. The van der Waals surface area contributed by atoms with Crippen LogP contribution in [0.15, 0.2) is 42.5 Å². The molecule has 0 spiro atoms. The Kier molecular flexibility index (Phi) is 4.02. The number of hydrogen-bond donors (Lipinski definition) is 2. The zero-order valence-corrected chi connectivity index (χ0v) is 11.3. The lowest BCUT2D eigenvalue weighted by Gasteiger charge is -2.19. The highest BCUT2D eigenvalue weighted by Crippen LogP contribution is 2.27. The average molecular weight is 261 g/mol. The molecule has 0 heterocycles. The molecule has 0 aliphatic heterocycles. The molecule has 18 heavy (non-hydrogen) atoms. The van der Waals surface area contributed by atoms with Crippen LogP contribution < -0.4 is 11.3 Å².